The number of aryl methyl sites for hydroxylation is 1. The Balaban J connectivity index is 1.79. The molecular weight excluding hydrogens is 470 g/mol. The van der Waals surface area contributed by atoms with Gasteiger partial charge in [-0.15, -0.1) is 0 Å². The van der Waals surface area contributed by atoms with Crippen LogP contribution in [0.5, 0.6) is 11.5 Å². The molecule has 154 valence electrons. The van der Waals surface area contributed by atoms with E-state index in [1.807, 2.05) is 37.3 Å². The van der Waals surface area contributed by atoms with Gasteiger partial charge in [0.05, 0.1) is 22.8 Å². The predicted octanol–water partition coefficient (Wildman–Crippen LogP) is 6.45. The minimum Gasteiger partial charge on any atom is -0.493 e. The first-order chi connectivity index (χ1) is 14.4. The quantitative estimate of drug-likeness (QED) is 0.388. The van der Waals surface area contributed by atoms with E-state index < -0.39 is 5.97 Å². The molecule has 3 rings (SSSR count). The SMILES string of the molecule is COc1cc(C=Nc2cc(Cl)ccc2C)cc(Br)c1OCc1ccc(C(=O)O)cc1. The molecule has 0 aromatic heterocycles. The maximum Gasteiger partial charge on any atom is 0.335 e. The Hall–Kier alpha value is -2.83. The highest BCUT2D eigenvalue weighted by Crippen LogP contribution is 2.37. The number of hydrogen-bond donors (Lipinski definition) is 1. The smallest absolute Gasteiger partial charge is 0.335 e. The van der Waals surface area contributed by atoms with Gasteiger partial charge in [-0.25, -0.2) is 4.79 Å². The Morgan fingerprint density at radius 1 is 1.17 bits per heavy atom. The molecule has 0 radical (unpaired) electrons. The van der Waals surface area contributed by atoms with E-state index in [-0.39, 0.29) is 12.2 Å². The van der Waals surface area contributed by atoms with Crippen LogP contribution in [0.4, 0.5) is 5.69 Å². The summed E-state index contributed by atoms with van der Waals surface area (Å²) in [5.74, 6) is 0.142. The van der Waals surface area contributed by atoms with Gasteiger partial charge in [-0.3, -0.25) is 4.99 Å². The molecule has 0 unspecified atom stereocenters. The third-order valence-corrected chi connectivity index (χ3v) is 5.18. The molecule has 1 N–H and O–H groups in total. The van der Waals surface area contributed by atoms with Gasteiger partial charge in [0, 0.05) is 11.2 Å². The Morgan fingerprint density at radius 3 is 2.57 bits per heavy atom. The molecule has 0 aliphatic heterocycles. The molecule has 0 spiro atoms. The fourth-order valence-electron chi connectivity index (χ4n) is 2.72. The first-order valence-electron chi connectivity index (χ1n) is 9.00. The van der Waals surface area contributed by atoms with Crippen molar-refractivity contribution in [2.75, 3.05) is 7.11 Å². The van der Waals surface area contributed by atoms with Crippen molar-refractivity contribution in [1.82, 2.24) is 0 Å². The lowest BCUT2D eigenvalue weighted by Crippen LogP contribution is -2.01. The molecular formula is C23H19BrClNO4. The van der Waals surface area contributed by atoms with Crippen molar-refractivity contribution in [2.45, 2.75) is 13.5 Å². The average Bonchev–Trinajstić information content (AvgIpc) is 2.73. The van der Waals surface area contributed by atoms with Crippen molar-refractivity contribution < 1.29 is 19.4 Å². The van der Waals surface area contributed by atoms with Gasteiger partial charge >= 0.3 is 5.97 Å². The summed E-state index contributed by atoms with van der Waals surface area (Å²) in [4.78, 5) is 15.5. The number of ether oxygens (including phenoxy) is 2. The summed E-state index contributed by atoms with van der Waals surface area (Å²) in [5, 5.41) is 9.62. The number of aliphatic imine (C=N–C) groups is 1. The van der Waals surface area contributed by atoms with Crippen molar-refractivity contribution in [2.24, 2.45) is 4.99 Å². The molecule has 3 aromatic carbocycles. The van der Waals surface area contributed by atoms with Gasteiger partial charge in [-0.1, -0.05) is 29.8 Å². The average molecular weight is 489 g/mol. The van der Waals surface area contributed by atoms with Crippen LogP contribution in [0.2, 0.25) is 5.02 Å². The monoisotopic (exact) mass is 487 g/mol. The van der Waals surface area contributed by atoms with Gasteiger partial charge in [-0.05, 0) is 75.9 Å². The van der Waals surface area contributed by atoms with Gasteiger partial charge in [0.15, 0.2) is 11.5 Å². The zero-order valence-corrected chi connectivity index (χ0v) is 18.7. The Labute approximate surface area is 188 Å². The lowest BCUT2D eigenvalue weighted by atomic mass is 10.1. The highest BCUT2D eigenvalue weighted by Gasteiger charge is 2.12. The summed E-state index contributed by atoms with van der Waals surface area (Å²) < 4.78 is 12.1. The third-order valence-electron chi connectivity index (χ3n) is 4.36. The highest BCUT2D eigenvalue weighted by molar-refractivity contribution is 9.10. The molecule has 30 heavy (non-hydrogen) atoms. The largest absolute Gasteiger partial charge is 0.493 e. The van der Waals surface area contributed by atoms with Gasteiger partial charge < -0.3 is 14.6 Å². The van der Waals surface area contributed by atoms with Gasteiger partial charge in [-0.2, -0.15) is 0 Å². The van der Waals surface area contributed by atoms with Crippen LogP contribution in [0.1, 0.15) is 27.0 Å². The van der Waals surface area contributed by atoms with Crippen LogP contribution in [-0.2, 0) is 6.61 Å². The number of rotatable bonds is 7. The van der Waals surface area contributed by atoms with E-state index >= 15 is 0 Å². The lowest BCUT2D eigenvalue weighted by Gasteiger charge is -2.13. The summed E-state index contributed by atoms with van der Waals surface area (Å²) >= 11 is 9.58. The minimum atomic E-state index is -0.961. The number of methoxy groups -OCH3 is 1. The fraction of sp³-hybridized carbons (Fsp3) is 0.130. The summed E-state index contributed by atoms with van der Waals surface area (Å²) in [6.45, 7) is 2.24. The number of carbonyl (C=O) groups is 1. The molecule has 0 aliphatic rings. The number of aromatic carboxylic acids is 1. The molecule has 3 aromatic rings. The van der Waals surface area contributed by atoms with Crippen molar-refractivity contribution in [3.8, 4) is 11.5 Å². The molecule has 0 atom stereocenters. The van der Waals surface area contributed by atoms with Crippen LogP contribution in [0.15, 0.2) is 64.1 Å². The summed E-state index contributed by atoms with van der Waals surface area (Å²) in [7, 11) is 1.57. The topological polar surface area (TPSA) is 68.1 Å². The van der Waals surface area contributed by atoms with Crippen LogP contribution in [-0.4, -0.2) is 24.4 Å². The first-order valence-corrected chi connectivity index (χ1v) is 10.2. The third kappa shape index (κ3) is 5.40. The number of halogens is 2. The van der Waals surface area contributed by atoms with E-state index in [0.717, 1.165) is 22.4 Å². The van der Waals surface area contributed by atoms with Crippen molar-refractivity contribution in [3.05, 3.63) is 86.3 Å². The van der Waals surface area contributed by atoms with Gasteiger partial charge in [0.25, 0.3) is 0 Å². The van der Waals surface area contributed by atoms with E-state index in [9.17, 15) is 4.79 Å². The highest BCUT2D eigenvalue weighted by atomic mass is 79.9. The molecule has 0 aliphatic carbocycles. The van der Waals surface area contributed by atoms with Crippen LogP contribution in [0.3, 0.4) is 0 Å². The summed E-state index contributed by atoms with van der Waals surface area (Å²) in [6.07, 6.45) is 1.74. The summed E-state index contributed by atoms with van der Waals surface area (Å²) in [6, 6.07) is 15.8. The maximum absolute atomic E-state index is 11.0. The van der Waals surface area contributed by atoms with E-state index in [1.54, 1.807) is 37.6 Å². The van der Waals surface area contributed by atoms with E-state index in [1.165, 1.54) is 0 Å². The molecule has 0 bridgehead atoms. The Bertz CT molecular complexity index is 1100. The number of carboxylic acids is 1. The molecule has 7 heteroatoms. The summed E-state index contributed by atoms with van der Waals surface area (Å²) in [5.41, 5.74) is 3.72. The van der Waals surface area contributed by atoms with E-state index in [4.69, 9.17) is 26.2 Å². The molecule has 0 heterocycles. The van der Waals surface area contributed by atoms with Crippen LogP contribution in [0, 0.1) is 6.92 Å². The molecule has 0 fully saturated rings. The van der Waals surface area contributed by atoms with Crippen molar-refractivity contribution in [1.29, 1.82) is 0 Å². The minimum absolute atomic E-state index is 0.232. The van der Waals surface area contributed by atoms with Crippen molar-refractivity contribution >= 4 is 45.4 Å². The standard InChI is InChI=1S/C23H19BrClNO4/c1-14-3-8-18(25)11-20(14)26-12-16-9-19(24)22(21(10-16)29-2)30-13-15-4-6-17(7-5-15)23(27)28/h3-12H,13H2,1-2H3,(H,27,28). The van der Waals surface area contributed by atoms with E-state index in [2.05, 4.69) is 20.9 Å². The molecule has 0 saturated heterocycles. The van der Waals surface area contributed by atoms with Gasteiger partial charge in [0.1, 0.15) is 6.61 Å². The Morgan fingerprint density at radius 2 is 1.90 bits per heavy atom. The number of hydrogen-bond acceptors (Lipinski definition) is 4. The first kappa shape index (κ1) is 21.9. The molecule has 5 nitrogen and oxygen atoms in total. The second-order valence-corrected chi connectivity index (χ2v) is 7.80. The number of benzene rings is 3. The normalized spacial score (nSPS) is 10.9. The number of nitrogens with zero attached hydrogens (tertiary/aromatic N) is 1. The van der Waals surface area contributed by atoms with E-state index in [0.29, 0.717) is 21.0 Å². The number of carboxylic acid groups (broad SMARTS) is 1. The second-order valence-electron chi connectivity index (χ2n) is 6.51. The van der Waals surface area contributed by atoms with Crippen molar-refractivity contribution in [3.63, 3.8) is 0 Å². The van der Waals surface area contributed by atoms with Crippen LogP contribution in [0.25, 0.3) is 0 Å². The van der Waals surface area contributed by atoms with Gasteiger partial charge in [0.2, 0.25) is 0 Å². The maximum atomic E-state index is 11.0. The predicted molar refractivity (Wildman–Crippen MR) is 122 cm³/mol. The zero-order chi connectivity index (χ0) is 21.7. The Kier molecular flexibility index (Phi) is 7.13. The second kappa shape index (κ2) is 9.78. The molecule has 0 saturated carbocycles. The molecule has 0 amide bonds. The fourth-order valence-corrected chi connectivity index (χ4v) is 3.46. The lowest BCUT2D eigenvalue weighted by molar-refractivity contribution is 0.0697. The zero-order valence-electron chi connectivity index (χ0n) is 16.4. The van der Waals surface area contributed by atoms with Crippen LogP contribution >= 0.6 is 27.5 Å². The van der Waals surface area contributed by atoms with Crippen LogP contribution < -0.4 is 9.47 Å².